The second-order valence-electron chi connectivity index (χ2n) is 5.32. The van der Waals surface area contributed by atoms with Gasteiger partial charge in [-0.2, -0.15) is 10.1 Å². The fraction of sp³-hybridized carbons (Fsp3) is 0.176. The standard InChI is InChI=1S/C17H15ClN2O2/c1-12-11-17(22,14-7-9-15(18)10-8-14)20(19-12)16(21)13-5-3-2-4-6-13/h2-10,22H,11H2,1H3/t17-/m1/s1. The van der Waals surface area contributed by atoms with Gasteiger partial charge in [-0.1, -0.05) is 41.9 Å². The van der Waals surface area contributed by atoms with Gasteiger partial charge < -0.3 is 5.11 Å². The van der Waals surface area contributed by atoms with Crippen molar-refractivity contribution in [1.29, 1.82) is 0 Å². The molecule has 0 aliphatic carbocycles. The molecule has 22 heavy (non-hydrogen) atoms. The lowest BCUT2D eigenvalue weighted by Crippen LogP contribution is -2.43. The molecule has 1 N–H and O–H groups in total. The number of benzene rings is 2. The highest BCUT2D eigenvalue weighted by atomic mass is 35.5. The lowest BCUT2D eigenvalue weighted by atomic mass is 9.97. The summed E-state index contributed by atoms with van der Waals surface area (Å²) in [6.07, 6.45) is 0.271. The molecule has 4 nitrogen and oxygen atoms in total. The number of hydrazone groups is 1. The Bertz CT molecular complexity index is 728. The molecule has 0 saturated heterocycles. The van der Waals surface area contributed by atoms with Crippen molar-refractivity contribution in [2.45, 2.75) is 19.1 Å². The molecule has 0 aromatic heterocycles. The van der Waals surface area contributed by atoms with Gasteiger partial charge in [-0.3, -0.25) is 4.79 Å². The summed E-state index contributed by atoms with van der Waals surface area (Å²) in [6.45, 7) is 1.79. The molecule has 0 unspecified atom stereocenters. The van der Waals surface area contributed by atoms with Crippen LogP contribution in [0.4, 0.5) is 0 Å². The van der Waals surface area contributed by atoms with E-state index in [0.717, 1.165) is 5.01 Å². The first-order valence-corrected chi connectivity index (χ1v) is 7.30. The van der Waals surface area contributed by atoms with Gasteiger partial charge in [-0.25, -0.2) is 0 Å². The van der Waals surface area contributed by atoms with Gasteiger partial charge in [0.1, 0.15) is 0 Å². The molecule has 1 amide bonds. The molecule has 1 aliphatic rings. The quantitative estimate of drug-likeness (QED) is 0.923. The zero-order valence-corrected chi connectivity index (χ0v) is 12.8. The maximum absolute atomic E-state index is 12.7. The van der Waals surface area contributed by atoms with Crippen molar-refractivity contribution in [2.24, 2.45) is 5.10 Å². The minimum absolute atomic E-state index is 0.271. The van der Waals surface area contributed by atoms with Gasteiger partial charge in [0.15, 0.2) is 5.72 Å². The molecule has 0 radical (unpaired) electrons. The molecule has 2 aromatic rings. The highest BCUT2D eigenvalue weighted by molar-refractivity contribution is 6.30. The largest absolute Gasteiger partial charge is 0.365 e. The summed E-state index contributed by atoms with van der Waals surface area (Å²) < 4.78 is 0. The van der Waals surface area contributed by atoms with Crippen LogP contribution in [0.25, 0.3) is 0 Å². The van der Waals surface area contributed by atoms with Crippen molar-refractivity contribution in [3.63, 3.8) is 0 Å². The summed E-state index contributed by atoms with van der Waals surface area (Å²) in [5.74, 6) is -0.338. The molecule has 1 atom stereocenters. The van der Waals surface area contributed by atoms with Crippen molar-refractivity contribution >= 4 is 23.2 Å². The van der Waals surface area contributed by atoms with Gasteiger partial charge in [0, 0.05) is 28.3 Å². The van der Waals surface area contributed by atoms with E-state index in [0.29, 0.717) is 21.9 Å². The molecule has 2 aromatic carbocycles. The monoisotopic (exact) mass is 314 g/mol. The SMILES string of the molecule is CC1=NN(C(=O)c2ccccc2)[C@](O)(c2ccc(Cl)cc2)C1. The van der Waals surface area contributed by atoms with E-state index in [-0.39, 0.29) is 12.3 Å². The maximum Gasteiger partial charge on any atom is 0.276 e. The first kappa shape index (κ1) is 14.8. The summed E-state index contributed by atoms with van der Waals surface area (Å²) in [5.41, 5.74) is 0.276. The van der Waals surface area contributed by atoms with Gasteiger partial charge in [0.2, 0.25) is 0 Å². The Kier molecular flexibility index (Phi) is 3.72. The molecule has 1 aliphatic heterocycles. The first-order valence-electron chi connectivity index (χ1n) is 6.93. The summed E-state index contributed by atoms with van der Waals surface area (Å²) >= 11 is 5.90. The molecule has 0 bridgehead atoms. The lowest BCUT2D eigenvalue weighted by molar-refractivity contribution is -0.0765. The number of halogens is 1. The van der Waals surface area contributed by atoms with E-state index >= 15 is 0 Å². The van der Waals surface area contributed by atoms with E-state index in [1.807, 2.05) is 6.07 Å². The fourth-order valence-corrected chi connectivity index (χ4v) is 2.70. The van der Waals surface area contributed by atoms with E-state index in [4.69, 9.17) is 11.6 Å². The van der Waals surface area contributed by atoms with Crippen LogP contribution in [0.15, 0.2) is 59.7 Å². The molecule has 5 heteroatoms. The van der Waals surface area contributed by atoms with Gasteiger partial charge in [0.25, 0.3) is 5.91 Å². The van der Waals surface area contributed by atoms with Crippen molar-refractivity contribution in [1.82, 2.24) is 5.01 Å². The Balaban J connectivity index is 2.01. The second-order valence-corrected chi connectivity index (χ2v) is 5.75. The first-order chi connectivity index (χ1) is 10.5. The highest BCUT2D eigenvalue weighted by Crippen LogP contribution is 2.36. The number of amides is 1. The van der Waals surface area contributed by atoms with Crippen LogP contribution >= 0.6 is 11.6 Å². The Hall–Kier alpha value is -2.17. The van der Waals surface area contributed by atoms with Crippen LogP contribution in [0.3, 0.4) is 0 Å². The topological polar surface area (TPSA) is 52.9 Å². The number of hydrogen-bond acceptors (Lipinski definition) is 3. The number of carbonyl (C=O) groups excluding carboxylic acids is 1. The highest BCUT2D eigenvalue weighted by Gasteiger charge is 2.45. The Morgan fingerprint density at radius 1 is 1.18 bits per heavy atom. The number of carbonyl (C=O) groups is 1. The molecule has 112 valence electrons. The average Bonchev–Trinajstić information content (AvgIpc) is 2.84. The minimum atomic E-state index is -1.48. The van der Waals surface area contributed by atoms with Crippen LogP contribution < -0.4 is 0 Å². The third kappa shape index (κ3) is 2.51. The van der Waals surface area contributed by atoms with Crippen LogP contribution in [-0.4, -0.2) is 21.7 Å². The Morgan fingerprint density at radius 3 is 2.45 bits per heavy atom. The predicted octanol–water partition coefficient (Wildman–Crippen LogP) is 3.41. The van der Waals surface area contributed by atoms with Crippen molar-refractivity contribution in [3.05, 3.63) is 70.7 Å². The average molecular weight is 315 g/mol. The van der Waals surface area contributed by atoms with E-state index < -0.39 is 5.72 Å². The number of nitrogens with zero attached hydrogens (tertiary/aromatic N) is 2. The fourth-order valence-electron chi connectivity index (χ4n) is 2.58. The maximum atomic E-state index is 12.7. The number of hydrogen-bond donors (Lipinski definition) is 1. The van der Waals surface area contributed by atoms with Gasteiger partial charge in [-0.15, -0.1) is 0 Å². The molecule has 1 heterocycles. The number of rotatable bonds is 2. The lowest BCUT2D eigenvalue weighted by Gasteiger charge is -2.31. The summed E-state index contributed by atoms with van der Waals surface area (Å²) in [4.78, 5) is 12.7. The van der Waals surface area contributed by atoms with Gasteiger partial charge in [0.05, 0.1) is 0 Å². The third-order valence-electron chi connectivity index (χ3n) is 3.64. The normalized spacial score (nSPS) is 20.9. The van der Waals surface area contributed by atoms with E-state index in [9.17, 15) is 9.90 Å². The molecular formula is C17H15ClN2O2. The van der Waals surface area contributed by atoms with Crippen LogP contribution in [0.1, 0.15) is 29.3 Å². The van der Waals surface area contributed by atoms with Crippen LogP contribution in [-0.2, 0) is 5.72 Å². The molecule has 3 rings (SSSR count). The zero-order valence-electron chi connectivity index (χ0n) is 12.0. The van der Waals surface area contributed by atoms with Crippen LogP contribution in [0.5, 0.6) is 0 Å². The third-order valence-corrected chi connectivity index (χ3v) is 3.90. The Labute approximate surface area is 133 Å². The summed E-state index contributed by atoms with van der Waals surface area (Å²) in [7, 11) is 0. The van der Waals surface area contributed by atoms with Crippen LogP contribution in [0, 0.1) is 0 Å². The van der Waals surface area contributed by atoms with Crippen molar-refractivity contribution in [3.8, 4) is 0 Å². The van der Waals surface area contributed by atoms with E-state index in [1.54, 1.807) is 55.5 Å². The summed E-state index contributed by atoms with van der Waals surface area (Å²) in [5, 5.41) is 17.0. The van der Waals surface area contributed by atoms with Gasteiger partial charge in [-0.05, 0) is 31.2 Å². The Morgan fingerprint density at radius 2 is 1.82 bits per heavy atom. The molecule has 0 spiro atoms. The number of aliphatic hydroxyl groups is 1. The van der Waals surface area contributed by atoms with Crippen molar-refractivity contribution < 1.29 is 9.90 Å². The van der Waals surface area contributed by atoms with E-state index in [2.05, 4.69) is 5.10 Å². The minimum Gasteiger partial charge on any atom is -0.365 e. The van der Waals surface area contributed by atoms with Crippen molar-refractivity contribution in [2.75, 3.05) is 0 Å². The van der Waals surface area contributed by atoms with Crippen LogP contribution in [0.2, 0.25) is 5.02 Å². The van der Waals surface area contributed by atoms with Gasteiger partial charge >= 0.3 is 0 Å². The molecule has 0 saturated carbocycles. The second kappa shape index (κ2) is 5.55. The summed E-state index contributed by atoms with van der Waals surface area (Å²) in [6, 6.07) is 15.6. The predicted molar refractivity (Wildman–Crippen MR) is 85.7 cm³/mol. The molecular weight excluding hydrogens is 300 g/mol. The zero-order chi connectivity index (χ0) is 15.7. The smallest absolute Gasteiger partial charge is 0.276 e. The van der Waals surface area contributed by atoms with E-state index in [1.165, 1.54) is 0 Å². The molecule has 0 fully saturated rings.